The number of pyridine rings is 1. The molecule has 5 rings (SSSR count). The van der Waals surface area contributed by atoms with Gasteiger partial charge in [0.2, 0.25) is 0 Å². The van der Waals surface area contributed by atoms with Crippen molar-refractivity contribution in [3.05, 3.63) is 65.7 Å². The van der Waals surface area contributed by atoms with E-state index in [-0.39, 0.29) is 43.6 Å². The second kappa shape index (κ2) is 28.0. The number of methoxy groups -OCH3 is 2. The molecule has 0 spiro atoms. The largest absolute Gasteiger partial charge is 0.459 e. The maximum absolute atomic E-state index is 14.8. The molecule has 4 heterocycles. The number of hydrazine groups is 1. The molecular formula is C56H93FN6O12. The van der Waals surface area contributed by atoms with E-state index < -0.39 is 97.0 Å². The fourth-order valence-electron chi connectivity index (χ4n) is 11.5. The lowest BCUT2D eigenvalue weighted by Crippen LogP contribution is -2.56. The van der Waals surface area contributed by atoms with Gasteiger partial charge < -0.3 is 74.1 Å². The molecule has 0 radical (unpaired) electrons. The summed E-state index contributed by atoms with van der Waals surface area (Å²) in [5.41, 5.74) is 8.07. The number of cyclic esters (lactones) is 1. The first kappa shape index (κ1) is 62.4. The van der Waals surface area contributed by atoms with E-state index in [1.807, 2.05) is 90.9 Å². The number of carbonyl (C=O) groups excluding carboxylic acids is 1. The second-order valence-electron chi connectivity index (χ2n) is 22.5. The Morgan fingerprint density at radius 1 is 0.960 bits per heavy atom. The number of likely N-dealkylation sites (N-methyl/N-ethyl adjacent to an activating group) is 1. The highest BCUT2D eigenvalue weighted by Crippen LogP contribution is 2.40. The van der Waals surface area contributed by atoms with Crippen LogP contribution in [0.5, 0.6) is 0 Å². The lowest BCUT2D eigenvalue weighted by Gasteiger charge is -2.47. The number of hydrogen-bond donors (Lipinski definition) is 6. The van der Waals surface area contributed by atoms with Gasteiger partial charge in [0.25, 0.3) is 0 Å². The van der Waals surface area contributed by atoms with Crippen molar-refractivity contribution in [3.63, 3.8) is 0 Å². The minimum Gasteiger partial charge on any atom is -0.459 e. The van der Waals surface area contributed by atoms with E-state index in [9.17, 15) is 29.6 Å². The van der Waals surface area contributed by atoms with Gasteiger partial charge in [-0.05, 0) is 98.0 Å². The number of rotatable bonds is 18. The molecule has 2 aromatic rings. The van der Waals surface area contributed by atoms with E-state index in [1.165, 1.54) is 12.1 Å². The Hall–Kier alpha value is -3.41. The number of halogens is 1. The summed E-state index contributed by atoms with van der Waals surface area (Å²) in [7, 11) is 7.05. The van der Waals surface area contributed by atoms with Gasteiger partial charge in [0.15, 0.2) is 12.6 Å². The van der Waals surface area contributed by atoms with Crippen molar-refractivity contribution >= 4 is 5.97 Å². The molecule has 0 unspecified atom stereocenters. The third-order valence-corrected chi connectivity index (χ3v) is 16.1. The average molecular weight is 1060 g/mol. The average Bonchev–Trinajstić information content (AvgIpc) is 3.37. The van der Waals surface area contributed by atoms with E-state index >= 15 is 0 Å². The number of hydrogen-bond acceptors (Lipinski definition) is 18. The van der Waals surface area contributed by atoms with Gasteiger partial charge in [-0.3, -0.25) is 9.78 Å². The van der Waals surface area contributed by atoms with Crippen LogP contribution in [0.4, 0.5) is 4.39 Å². The number of nitrogens with zero attached hydrogens (tertiary/aromatic N) is 4. The molecule has 19 heteroatoms. The fourth-order valence-corrected chi connectivity index (χ4v) is 11.5. The van der Waals surface area contributed by atoms with Crippen LogP contribution in [0.3, 0.4) is 0 Å². The molecule has 3 fully saturated rings. The van der Waals surface area contributed by atoms with Gasteiger partial charge in [0.1, 0.15) is 31.0 Å². The van der Waals surface area contributed by atoms with Crippen molar-refractivity contribution in [1.82, 2.24) is 19.8 Å². The maximum atomic E-state index is 14.8. The quantitative estimate of drug-likeness (QED) is 0.0607. The van der Waals surface area contributed by atoms with Gasteiger partial charge in [-0.25, -0.2) is 10.2 Å². The maximum Gasteiger partial charge on any atom is 0.311 e. The van der Waals surface area contributed by atoms with Crippen molar-refractivity contribution in [3.8, 4) is 11.1 Å². The van der Waals surface area contributed by atoms with Crippen LogP contribution in [0.25, 0.3) is 11.1 Å². The molecule has 75 heavy (non-hydrogen) atoms. The van der Waals surface area contributed by atoms with Crippen LogP contribution in [0.1, 0.15) is 125 Å². The van der Waals surface area contributed by atoms with Gasteiger partial charge in [0.05, 0.1) is 59.9 Å². The molecule has 3 aliphatic rings. The lowest BCUT2D eigenvalue weighted by molar-refractivity contribution is -0.292. The van der Waals surface area contributed by atoms with Crippen molar-refractivity contribution < 1.29 is 62.8 Å². The molecule has 0 bridgehead atoms. The van der Waals surface area contributed by atoms with Gasteiger partial charge >= 0.3 is 5.97 Å². The van der Waals surface area contributed by atoms with Crippen LogP contribution in [0.2, 0.25) is 0 Å². The zero-order valence-electron chi connectivity index (χ0n) is 47.0. The first-order valence-corrected chi connectivity index (χ1v) is 27.0. The van der Waals surface area contributed by atoms with E-state index in [0.717, 1.165) is 16.7 Å². The minimum atomic E-state index is -1.51. The number of nitrogens with two attached hydrogens (primary N) is 2. The Bertz CT molecular complexity index is 2080. The Balaban J connectivity index is 1.36. The number of benzene rings is 1. The van der Waals surface area contributed by atoms with Crippen LogP contribution in [0, 0.1) is 17.8 Å². The molecule has 1 aromatic carbocycles. The molecule has 0 aliphatic carbocycles. The summed E-state index contributed by atoms with van der Waals surface area (Å²) in [6.07, 6.45) is -1.84. The summed E-state index contributed by atoms with van der Waals surface area (Å²) in [5, 5.41) is 46.3. The van der Waals surface area contributed by atoms with E-state index in [4.69, 9.17) is 44.7 Å². The van der Waals surface area contributed by atoms with Crippen LogP contribution < -0.4 is 11.6 Å². The third kappa shape index (κ3) is 16.6. The number of ether oxygens (including phenoxy) is 7. The first-order valence-electron chi connectivity index (χ1n) is 27.0. The summed E-state index contributed by atoms with van der Waals surface area (Å²) < 4.78 is 59.5. The highest BCUT2D eigenvalue weighted by Gasteiger charge is 2.49. The van der Waals surface area contributed by atoms with Crippen molar-refractivity contribution in [1.29, 1.82) is 0 Å². The Morgan fingerprint density at radius 3 is 2.23 bits per heavy atom. The Kier molecular flexibility index (Phi) is 23.3. The third-order valence-electron chi connectivity index (χ3n) is 16.1. The Morgan fingerprint density at radius 2 is 1.63 bits per heavy atom. The van der Waals surface area contributed by atoms with Crippen molar-refractivity contribution in [2.24, 2.45) is 29.3 Å². The monoisotopic (exact) mass is 1060 g/mol. The highest BCUT2D eigenvalue weighted by molar-refractivity contribution is 5.73. The van der Waals surface area contributed by atoms with E-state index in [1.54, 1.807) is 46.3 Å². The van der Waals surface area contributed by atoms with Gasteiger partial charge in [-0.15, -0.1) is 0 Å². The lowest BCUT2D eigenvalue weighted by atomic mass is 9.77. The SMILES string of the molecule is CC[C@H]1OC(=O)[C@H](C)[C@@H](O[C@H]2C[C@@](C)(OC)C[C@H](C)O2)[C@H](C)[C@@H](O[C@H]2C[C@@H](N(C)CC/C(N)=C/N(N)[C@H](CF)[C@H](OC)c3ccc(-c4ccc(CO)nc4)cc3)C[C@@H](C)O2)[C@](C)(O)C[C@@H](C)CN(C)[C@H](C)[C@@H](O)[C@@H]1O. The number of esters is 1. The first-order chi connectivity index (χ1) is 35.4. The number of carbonyl (C=O) groups is 1. The predicted octanol–water partition coefficient (Wildman–Crippen LogP) is 5.59. The summed E-state index contributed by atoms with van der Waals surface area (Å²) in [4.78, 5) is 22.8. The molecule has 18 nitrogen and oxygen atoms in total. The van der Waals surface area contributed by atoms with E-state index in [0.29, 0.717) is 56.6 Å². The van der Waals surface area contributed by atoms with Gasteiger partial charge in [-0.1, -0.05) is 51.1 Å². The molecule has 18 atom stereocenters. The number of aromatic nitrogens is 1. The predicted molar refractivity (Wildman–Crippen MR) is 284 cm³/mol. The molecule has 0 amide bonds. The summed E-state index contributed by atoms with van der Waals surface area (Å²) in [6, 6.07) is 9.78. The smallest absolute Gasteiger partial charge is 0.311 e. The summed E-state index contributed by atoms with van der Waals surface area (Å²) in [5.74, 6) is 4.15. The van der Waals surface area contributed by atoms with Gasteiger partial charge in [-0.2, -0.15) is 0 Å². The molecule has 426 valence electrons. The molecule has 3 saturated heterocycles. The van der Waals surface area contributed by atoms with Crippen LogP contribution >= 0.6 is 0 Å². The van der Waals surface area contributed by atoms with Crippen molar-refractivity contribution in [2.45, 2.75) is 205 Å². The summed E-state index contributed by atoms with van der Waals surface area (Å²) in [6.45, 7) is 17.0. The summed E-state index contributed by atoms with van der Waals surface area (Å²) >= 11 is 0. The topological polar surface area (TPSA) is 237 Å². The fraction of sp³-hybridized carbons (Fsp3) is 0.750. The second-order valence-corrected chi connectivity index (χ2v) is 22.5. The van der Waals surface area contributed by atoms with Crippen LogP contribution in [-0.4, -0.2) is 179 Å². The standard InChI is InChI=1S/C56H93FN6O12/c1-14-46-50(66)49(65)38(7)62(11)30-33(2)25-56(9,68)53(36(5)51(37(6)54(67)73-46)74-48-27-55(8,70-13)26-35(4)72-48)75-47-24-44(23-34(3)71-47)61(10)22-21-42(58)31-63(59)45(28-57)52(69-12)40-17-15-39(16-18-40)41-19-20-43(32-64)60-29-41/h15-20,29,31,33-38,44-53,64-66,68H,14,21-28,30,32,58-59H2,1-13H3/b42-31-/t33-,34-,35+,36+,37-,38-,44+,45-,46-,47+,48+,49-,50-,51+,52-,53-,55+,56-/m1/s1. The number of alkyl halides is 1. The van der Waals surface area contributed by atoms with Crippen LogP contribution in [0.15, 0.2) is 54.5 Å². The molecule has 0 saturated carbocycles. The number of aliphatic hydroxyl groups excluding tert-OH is 3. The Labute approximate surface area is 446 Å². The van der Waals surface area contributed by atoms with Gasteiger partial charge in [0, 0.05) is 94.7 Å². The molecular weight excluding hydrogens is 968 g/mol. The van der Waals surface area contributed by atoms with E-state index in [2.05, 4.69) is 9.88 Å². The highest BCUT2D eigenvalue weighted by atomic mass is 19.1. The molecule has 3 aliphatic heterocycles. The molecule has 8 N–H and O–H groups in total. The zero-order chi connectivity index (χ0) is 55.5. The minimum absolute atomic E-state index is 0.0337. The number of aliphatic hydroxyl groups is 4. The zero-order valence-corrected chi connectivity index (χ0v) is 47.0. The van der Waals surface area contributed by atoms with Crippen LogP contribution in [-0.2, 0) is 44.6 Å². The van der Waals surface area contributed by atoms with Crippen molar-refractivity contribution in [2.75, 3.05) is 48.1 Å². The molecule has 1 aromatic heterocycles. The normalized spacial score (nSPS) is 36.1.